The van der Waals surface area contributed by atoms with Crippen molar-refractivity contribution in [2.24, 2.45) is 0 Å². The highest BCUT2D eigenvalue weighted by atomic mass is 32.2. The van der Waals surface area contributed by atoms with Crippen LogP contribution in [0, 0.1) is 20.8 Å². The zero-order valence-corrected chi connectivity index (χ0v) is 24.1. The molecule has 0 aliphatic carbocycles. The molecule has 0 unspecified atom stereocenters. The number of anilines is 1. The molecule has 9 heteroatoms. The van der Waals surface area contributed by atoms with Crippen molar-refractivity contribution in [3.63, 3.8) is 0 Å². The molecular formula is C32H32N2O6S. The molecule has 4 aromatic carbocycles. The summed E-state index contributed by atoms with van der Waals surface area (Å²) in [6.07, 6.45) is 0.176. The van der Waals surface area contributed by atoms with Crippen LogP contribution >= 0.6 is 0 Å². The number of nitrogens with one attached hydrogen (secondary N) is 2. The van der Waals surface area contributed by atoms with Gasteiger partial charge in [-0.05, 0) is 73.4 Å². The molecule has 0 spiro atoms. The summed E-state index contributed by atoms with van der Waals surface area (Å²) < 4.78 is 40.8. The van der Waals surface area contributed by atoms with Crippen LogP contribution in [0.1, 0.15) is 32.6 Å². The fraction of sp³-hybridized carbons (Fsp3) is 0.188. The molecule has 0 fully saturated rings. The molecule has 0 aromatic heterocycles. The summed E-state index contributed by atoms with van der Waals surface area (Å²) in [5.74, 6) is -0.570. The van der Waals surface area contributed by atoms with E-state index in [2.05, 4.69) is 10.0 Å². The number of carbonyl (C=O) groups excluding carboxylic acids is 2. The molecule has 0 heterocycles. The maximum Gasteiger partial charge on any atom is 0.334 e. The van der Waals surface area contributed by atoms with Crippen molar-refractivity contribution in [3.05, 3.63) is 119 Å². The molecule has 0 saturated heterocycles. The number of ether oxygens (including phenoxy) is 2. The monoisotopic (exact) mass is 572 g/mol. The minimum atomic E-state index is -4.07. The maximum atomic E-state index is 13.6. The van der Waals surface area contributed by atoms with E-state index in [-0.39, 0.29) is 22.8 Å². The van der Waals surface area contributed by atoms with Gasteiger partial charge in [-0.3, -0.25) is 9.52 Å². The first-order chi connectivity index (χ1) is 19.6. The smallest absolute Gasteiger partial charge is 0.334 e. The maximum absolute atomic E-state index is 13.6. The van der Waals surface area contributed by atoms with E-state index in [4.69, 9.17) is 9.47 Å². The molecule has 1 atom stereocenters. The van der Waals surface area contributed by atoms with Gasteiger partial charge in [-0.2, -0.15) is 0 Å². The lowest BCUT2D eigenvalue weighted by Crippen LogP contribution is -2.44. The van der Waals surface area contributed by atoms with Crippen molar-refractivity contribution in [1.82, 2.24) is 5.32 Å². The Morgan fingerprint density at radius 1 is 0.805 bits per heavy atom. The second kappa shape index (κ2) is 12.7. The van der Waals surface area contributed by atoms with Crippen molar-refractivity contribution in [2.45, 2.75) is 38.1 Å². The standard InChI is InChI=1S/C32H32N2O6S/c1-21-19-29(39-4)22(2)23(3)30(21)41(37,38)34-26-17-11-12-18-28(26)40-32(36)27(20-24-13-7-5-8-14-24)33-31(35)25-15-9-6-10-16-25/h5-19,27,34H,20H2,1-4H3,(H,33,35)/t27-/m1/s1. The van der Waals surface area contributed by atoms with Gasteiger partial charge < -0.3 is 14.8 Å². The highest BCUT2D eigenvalue weighted by Crippen LogP contribution is 2.33. The number of amides is 1. The first-order valence-corrected chi connectivity index (χ1v) is 14.5. The number of benzene rings is 4. The number of sulfonamides is 1. The molecule has 2 N–H and O–H groups in total. The van der Waals surface area contributed by atoms with Crippen LogP contribution in [0.25, 0.3) is 0 Å². The lowest BCUT2D eigenvalue weighted by Gasteiger charge is -2.20. The highest BCUT2D eigenvalue weighted by molar-refractivity contribution is 7.92. The first kappa shape index (κ1) is 29.4. The number of esters is 1. The summed E-state index contributed by atoms with van der Waals surface area (Å²) in [7, 11) is -2.54. The van der Waals surface area contributed by atoms with Crippen LogP contribution in [0.5, 0.6) is 11.5 Å². The molecule has 0 radical (unpaired) electrons. The van der Waals surface area contributed by atoms with Gasteiger partial charge in [0.1, 0.15) is 11.8 Å². The Morgan fingerprint density at radius 3 is 2.07 bits per heavy atom. The fourth-order valence-electron chi connectivity index (χ4n) is 4.54. The van der Waals surface area contributed by atoms with Gasteiger partial charge in [0.05, 0.1) is 17.7 Å². The van der Waals surface area contributed by atoms with Crippen LogP contribution < -0.4 is 19.5 Å². The van der Waals surface area contributed by atoms with Gasteiger partial charge in [-0.15, -0.1) is 0 Å². The van der Waals surface area contributed by atoms with E-state index in [9.17, 15) is 18.0 Å². The van der Waals surface area contributed by atoms with Crippen LogP contribution in [0.15, 0.2) is 95.9 Å². The largest absolute Gasteiger partial charge is 0.496 e. The van der Waals surface area contributed by atoms with E-state index in [0.717, 1.165) is 5.56 Å². The molecule has 4 rings (SSSR count). The van der Waals surface area contributed by atoms with E-state index in [1.165, 1.54) is 19.2 Å². The van der Waals surface area contributed by atoms with E-state index in [0.29, 0.717) is 28.0 Å². The summed E-state index contributed by atoms with van der Waals surface area (Å²) >= 11 is 0. The second-order valence-corrected chi connectivity index (χ2v) is 11.2. The Balaban J connectivity index is 1.61. The third-order valence-corrected chi connectivity index (χ3v) is 8.37. The minimum Gasteiger partial charge on any atom is -0.496 e. The van der Waals surface area contributed by atoms with Gasteiger partial charge in [0, 0.05) is 12.0 Å². The molecular weight excluding hydrogens is 540 g/mol. The molecule has 41 heavy (non-hydrogen) atoms. The number of para-hydroxylation sites is 2. The van der Waals surface area contributed by atoms with Gasteiger partial charge in [-0.1, -0.05) is 60.7 Å². The van der Waals surface area contributed by atoms with E-state index >= 15 is 0 Å². The summed E-state index contributed by atoms with van der Waals surface area (Å²) in [5.41, 5.74) is 3.07. The molecule has 1 amide bonds. The van der Waals surface area contributed by atoms with Gasteiger partial charge in [0.2, 0.25) is 0 Å². The molecule has 8 nitrogen and oxygen atoms in total. The van der Waals surface area contributed by atoms with Gasteiger partial charge >= 0.3 is 5.97 Å². The molecule has 0 aliphatic heterocycles. The van der Waals surface area contributed by atoms with Crippen LogP contribution in [-0.4, -0.2) is 33.4 Å². The summed E-state index contributed by atoms with van der Waals surface area (Å²) in [6.45, 7) is 5.20. The van der Waals surface area contributed by atoms with Crippen LogP contribution in [0.2, 0.25) is 0 Å². The van der Waals surface area contributed by atoms with Crippen molar-refractivity contribution >= 4 is 27.6 Å². The van der Waals surface area contributed by atoms with E-state index < -0.39 is 27.9 Å². The van der Waals surface area contributed by atoms with Crippen molar-refractivity contribution in [1.29, 1.82) is 0 Å². The Hall–Kier alpha value is -4.63. The predicted molar refractivity (Wildman–Crippen MR) is 158 cm³/mol. The highest BCUT2D eigenvalue weighted by Gasteiger charge is 2.27. The molecule has 0 saturated carbocycles. The van der Waals surface area contributed by atoms with E-state index in [1.54, 1.807) is 69.3 Å². The zero-order valence-electron chi connectivity index (χ0n) is 23.3. The molecule has 0 bridgehead atoms. The number of rotatable bonds is 10. The predicted octanol–water partition coefficient (Wildman–Crippen LogP) is 5.37. The molecule has 0 aliphatic rings. The Kier molecular flexibility index (Phi) is 9.09. The summed E-state index contributed by atoms with van der Waals surface area (Å²) in [4.78, 5) is 26.5. The van der Waals surface area contributed by atoms with Gasteiger partial charge in [-0.25, -0.2) is 13.2 Å². The lowest BCUT2D eigenvalue weighted by atomic mass is 10.1. The Morgan fingerprint density at radius 2 is 1.41 bits per heavy atom. The third-order valence-electron chi connectivity index (χ3n) is 6.72. The van der Waals surface area contributed by atoms with E-state index in [1.807, 2.05) is 30.3 Å². The average Bonchev–Trinajstić information content (AvgIpc) is 2.96. The number of methoxy groups -OCH3 is 1. The van der Waals surface area contributed by atoms with Crippen molar-refractivity contribution in [2.75, 3.05) is 11.8 Å². The number of hydrogen-bond acceptors (Lipinski definition) is 6. The Labute approximate surface area is 240 Å². The topological polar surface area (TPSA) is 111 Å². The number of aryl methyl sites for hydroxylation is 1. The molecule has 212 valence electrons. The van der Waals surface area contributed by atoms with Crippen molar-refractivity contribution in [3.8, 4) is 11.5 Å². The third kappa shape index (κ3) is 6.93. The number of hydrogen-bond donors (Lipinski definition) is 2. The summed E-state index contributed by atoms with van der Waals surface area (Å²) in [5, 5.41) is 2.76. The molecule has 4 aromatic rings. The SMILES string of the molecule is COc1cc(C)c(S(=O)(=O)Nc2ccccc2OC(=O)[C@@H](Cc2ccccc2)NC(=O)c2ccccc2)c(C)c1C. The van der Waals surface area contributed by atoms with Crippen LogP contribution in [-0.2, 0) is 21.2 Å². The summed E-state index contributed by atoms with van der Waals surface area (Å²) in [6, 6.07) is 24.7. The zero-order chi connectivity index (χ0) is 29.6. The normalized spacial score (nSPS) is 11.8. The van der Waals surface area contributed by atoms with Crippen LogP contribution in [0.3, 0.4) is 0 Å². The fourth-order valence-corrected chi connectivity index (χ4v) is 6.14. The Bertz CT molecular complexity index is 1650. The van der Waals surface area contributed by atoms with Gasteiger partial charge in [0.25, 0.3) is 15.9 Å². The number of carbonyl (C=O) groups is 2. The second-order valence-electron chi connectivity index (χ2n) is 9.58. The minimum absolute atomic E-state index is 0.00800. The first-order valence-electron chi connectivity index (χ1n) is 13.0. The van der Waals surface area contributed by atoms with Crippen LogP contribution in [0.4, 0.5) is 5.69 Å². The quantitative estimate of drug-likeness (QED) is 0.195. The lowest BCUT2D eigenvalue weighted by molar-refractivity contribution is -0.136. The van der Waals surface area contributed by atoms with Gasteiger partial charge in [0.15, 0.2) is 5.75 Å². The van der Waals surface area contributed by atoms with Crippen molar-refractivity contribution < 1.29 is 27.5 Å². The average molecular weight is 573 g/mol.